The molecule has 0 radical (unpaired) electrons. The summed E-state index contributed by atoms with van der Waals surface area (Å²) >= 11 is 0. The smallest absolute Gasteiger partial charge is 0.304 e. The van der Waals surface area contributed by atoms with E-state index in [1.54, 1.807) is 4.68 Å². The molecule has 3 aromatic carbocycles. The van der Waals surface area contributed by atoms with Crippen LogP contribution in [-0.2, 0) is 4.79 Å². The zero-order valence-electron chi connectivity index (χ0n) is 17.8. The zero-order valence-corrected chi connectivity index (χ0v) is 17.8. The molecule has 0 aliphatic carbocycles. The highest BCUT2D eigenvalue weighted by molar-refractivity contribution is 5.98. The minimum Gasteiger partial charge on any atom is -0.378 e. The molecule has 2 amide bonds. The Morgan fingerprint density at radius 2 is 1.66 bits per heavy atom. The van der Waals surface area contributed by atoms with Gasteiger partial charge in [0.1, 0.15) is 5.82 Å². The molecule has 0 bridgehead atoms. The van der Waals surface area contributed by atoms with Crippen LogP contribution in [0.15, 0.2) is 78.9 Å². The maximum absolute atomic E-state index is 13.2. The van der Waals surface area contributed by atoms with Crippen LogP contribution in [0.1, 0.15) is 27.5 Å². The van der Waals surface area contributed by atoms with E-state index in [4.69, 9.17) is 0 Å². The first-order valence-electron chi connectivity index (χ1n) is 10.2. The van der Waals surface area contributed by atoms with Gasteiger partial charge < -0.3 is 10.2 Å². The van der Waals surface area contributed by atoms with Gasteiger partial charge in [-0.15, -0.1) is 10.1 Å². The van der Waals surface area contributed by atoms with E-state index in [1.165, 1.54) is 24.3 Å². The van der Waals surface area contributed by atoms with Crippen LogP contribution < -0.4 is 15.6 Å². The Kier molecular flexibility index (Phi) is 5.98. The highest BCUT2D eigenvalue weighted by Crippen LogP contribution is 2.25. The monoisotopic (exact) mass is 431 g/mol. The first-order valence-corrected chi connectivity index (χ1v) is 10.2. The molecule has 2 N–H and O–H groups in total. The van der Waals surface area contributed by atoms with Gasteiger partial charge in [0.2, 0.25) is 12.3 Å². The summed E-state index contributed by atoms with van der Waals surface area (Å²) in [4.78, 5) is 27.6. The molecule has 0 spiro atoms. The molecule has 0 unspecified atom stereocenters. The van der Waals surface area contributed by atoms with Crippen molar-refractivity contribution in [1.29, 1.82) is 0 Å². The Morgan fingerprint density at radius 3 is 2.28 bits per heavy atom. The number of hydrogen-bond donors (Lipinski definition) is 2. The lowest BCUT2D eigenvalue weighted by molar-refractivity contribution is -0.596. The third kappa shape index (κ3) is 4.51. The fraction of sp³-hybridized carbons (Fsp3) is 0.160. The Labute approximate surface area is 186 Å². The first-order chi connectivity index (χ1) is 15.4. The molecule has 4 rings (SSSR count). The molecule has 1 aliphatic heterocycles. The number of hydrazine groups is 1. The van der Waals surface area contributed by atoms with Gasteiger partial charge in [0, 0.05) is 36.5 Å². The van der Waals surface area contributed by atoms with E-state index in [0.717, 1.165) is 16.8 Å². The number of hydrogen-bond acceptors (Lipinski definition) is 3. The molecule has 1 heterocycles. The van der Waals surface area contributed by atoms with Crippen LogP contribution in [0.25, 0.3) is 0 Å². The molecule has 32 heavy (non-hydrogen) atoms. The zero-order chi connectivity index (χ0) is 22.7. The maximum atomic E-state index is 13.2. The number of carbonyl (C=O) groups is 2. The highest BCUT2D eigenvalue weighted by atomic mass is 19.1. The Bertz CT molecular complexity index is 1140. The standard InChI is InChI=1S/C25H23FN4O2/c1-29(2)21-14-8-17(9-15-21)16-30-23(18-6-4-3-5-7-18)22(25(32)28-30)27-24(31)19-10-12-20(26)13-11-19/h3-16,22-23H,1-2H3,(H-,27,28,31,32)/p+1/t22-,23+/m1/s1. The minimum absolute atomic E-state index is 0.285. The lowest BCUT2D eigenvalue weighted by Gasteiger charge is -2.15. The largest absolute Gasteiger partial charge is 0.378 e. The number of amides is 2. The summed E-state index contributed by atoms with van der Waals surface area (Å²) < 4.78 is 14.9. The van der Waals surface area contributed by atoms with Crippen molar-refractivity contribution in [2.24, 2.45) is 0 Å². The SMILES string of the molecule is CN(C)c1ccc(/C=[N+]2\NC(=O)[C@H](NC(=O)c3ccc(F)cc3)[C@@H]2c2ccccc2)cc1. The number of nitrogens with one attached hydrogen (secondary N) is 2. The summed E-state index contributed by atoms with van der Waals surface area (Å²) in [5.74, 6) is -1.19. The lowest BCUT2D eigenvalue weighted by Crippen LogP contribution is -2.42. The molecule has 1 saturated heterocycles. The molecule has 3 aromatic rings. The number of hydrazone groups is 1. The van der Waals surface area contributed by atoms with Crippen molar-refractivity contribution in [2.75, 3.05) is 19.0 Å². The van der Waals surface area contributed by atoms with Gasteiger partial charge >= 0.3 is 5.91 Å². The van der Waals surface area contributed by atoms with Gasteiger partial charge in [-0.1, -0.05) is 30.3 Å². The van der Waals surface area contributed by atoms with Crippen LogP contribution in [0.4, 0.5) is 10.1 Å². The summed E-state index contributed by atoms with van der Waals surface area (Å²) in [6, 6.07) is 21.4. The van der Waals surface area contributed by atoms with Crippen molar-refractivity contribution < 1.29 is 18.7 Å². The number of halogens is 1. The number of benzene rings is 3. The van der Waals surface area contributed by atoms with E-state index in [0.29, 0.717) is 0 Å². The Morgan fingerprint density at radius 1 is 1.00 bits per heavy atom. The summed E-state index contributed by atoms with van der Waals surface area (Å²) in [5.41, 5.74) is 5.99. The molecular formula is C25H24FN4O2+. The van der Waals surface area contributed by atoms with Crippen LogP contribution in [0.3, 0.4) is 0 Å². The lowest BCUT2D eigenvalue weighted by atomic mass is 10.00. The van der Waals surface area contributed by atoms with Gasteiger partial charge in [-0.2, -0.15) is 0 Å². The van der Waals surface area contributed by atoms with Crippen molar-refractivity contribution in [1.82, 2.24) is 10.7 Å². The highest BCUT2D eigenvalue weighted by Gasteiger charge is 2.47. The minimum atomic E-state index is -0.827. The van der Waals surface area contributed by atoms with Gasteiger partial charge in [-0.05, 0) is 48.5 Å². The van der Waals surface area contributed by atoms with Crippen LogP contribution in [-0.4, -0.2) is 42.9 Å². The molecule has 2 atom stereocenters. The van der Waals surface area contributed by atoms with E-state index in [1.807, 2.05) is 79.8 Å². The number of rotatable bonds is 5. The number of anilines is 1. The van der Waals surface area contributed by atoms with Gasteiger partial charge in [-0.25, -0.2) is 4.39 Å². The fourth-order valence-electron chi connectivity index (χ4n) is 3.68. The molecule has 1 aliphatic rings. The molecule has 0 aromatic heterocycles. The molecular weight excluding hydrogens is 407 g/mol. The second kappa shape index (κ2) is 9.01. The second-order valence-corrected chi connectivity index (χ2v) is 7.81. The summed E-state index contributed by atoms with van der Waals surface area (Å²) in [5, 5.41) is 2.81. The van der Waals surface area contributed by atoms with Gasteiger partial charge in [0.25, 0.3) is 5.91 Å². The quantitative estimate of drug-likeness (QED) is 0.611. The normalized spacial score (nSPS) is 19.0. The molecule has 7 heteroatoms. The Balaban J connectivity index is 1.66. The second-order valence-electron chi connectivity index (χ2n) is 7.81. The van der Waals surface area contributed by atoms with E-state index >= 15 is 0 Å². The van der Waals surface area contributed by atoms with E-state index in [2.05, 4.69) is 10.7 Å². The van der Waals surface area contributed by atoms with Crippen molar-refractivity contribution >= 4 is 23.7 Å². The maximum Gasteiger partial charge on any atom is 0.304 e. The summed E-state index contributed by atoms with van der Waals surface area (Å²) in [7, 11) is 3.94. The van der Waals surface area contributed by atoms with E-state index in [-0.39, 0.29) is 11.5 Å². The van der Waals surface area contributed by atoms with Crippen LogP contribution in [0.5, 0.6) is 0 Å². The summed E-state index contributed by atoms with van der Waals surface area (Å²) in [6.07, 6.45) is 1.85. The van der Waals surface area contributed by atoms with Crippen LogP contribution >= 0.6 is 0 Å². The predicted octanol–water partition coefficient (Wildman–Crippen LogP) is 2.91. The van der Waals surface area contributed by atoms with Crippen molar-refractivity contribution in [3.8, 4) is 0 Å². The summed E-state index contributed by atoms with van der Waals surface area (Å²) in [6.45, 7) is 0. The Hall–Kier alpha value is -4.00. The van der Waals surface area contributed by atoms with Crippen molar-refractivity contribution in [2.45, 2.75) is 12.1 Å². The molecule has 0 saturated carbocycles. The van der Waals surface area contributed by atoms with Crippen molar-refractivity contribution in [3.63, 3.8) is 0 Å². The van der Waals surface area contributed by atoms with E-state index < -0.39 is 23.8 Å². The van der Waals surface area contributed by atoms with Crippen molar-refractivity contribution in [3.05, 3.63) is 101 Å². The third-order valence-corrected chi connectivity index (χ3v) is 5.37. The van der Waals surface area contributed by atoms with Gasteiger partial charge in [0.15, 0.2) is 6.04 Å². The predicted molar refractivity (Wildman–Crippen MR) is 121 cm³/mol. The van der Waals surface area contributed by atoms with Gasteiger partial charge in [0.05, 0.1) is 0 Å². The molecule has 162 valence electrons. The fourth-order valence-corrected chi connectivity index (χ4v) is 3.68. The number of nitrogens with zero attached hydrogens (tertiary/aromatic N) is 2. The number of carbonyl (C=O) groups excluding carboxylic acids is 2. The van der Waals surface area contributed by atoms with Crippen LogP contribution in [0, 0.1) is 5.82 Å². The van der Waals surface area contributed by atoms with Crippen LogP contribution in [0.2, 0.25) is 0 Å². The molecule has 6 nitrogen and oxygen atoms in total. The van der Waals surface area contributed by atoms with E-state index in [9.17, 15) is 14.0 Å². The van der Waals surface area contributed by atoms with Gasteiger partial charge in [-0.3, -0.25) is 9.59 Å². The topological polar surface area (TPSA) is 64.5 Å². The third-order valence-electron chi connectivity index (χ3n) is 5.37. The molecule has 1 fully saturated rings. The average Bonchev–Trinajstić information content (AvgIpc) is 3.09. The average molecular weight is 431 g/mol. The first kappa shape index (κ1) is 21.2.